The van der Waals surface area contributed by atoms with Gasteiger partial charge in [0.1, 0.15) is 0 Å². The number of hydrogen-bond acceptors (Lipinski definition) is 4. The van der Waals surface area contributed by atoms with Gasteiger partial charge in [-0.25, -0.2) is 0 Å². The number of aromatic nitrogens is 1. The standard InChI is InChI=1S/C17H25N3O2/c1-12(2)14-4-5-16-15(18-14)10-19(3)7-8-20(16)17(21)13-6-9-22-11-13/h4-5,12-13H,6-11H2,1-3H3/t13-/m1/s1. The van der Waals surface area contributed by atoms with Gasteiger partial charge in [0.2, 0.25) is 5.91 Å². The molecule has 1 amide bonds. The molecule has 0 bridgehead atoms. The Morgan fingerprint density at radius 3 is 2.86 bits per heavy atom. The first-order chi connectivity index (χ1) is 10.6. The van der Waals surface area contributed by atoms with Gasteiger partial charge in [-0.05, 0) is 31.5 Å². The average molecular weight is 303 g/mol. The van der Waals surface area contributed by atoms with Gasteiger partial charge in [-0.2, -0.15) is 0 Å². The summed E-state index contributed by atoms with van der Waals surface area (Å²) in [5, 5.41) is 0. The Balaban J connectivity index is 1.94. The van der Waals surface area contributed by atoms with Crippen LogP contribution in [-0.2, 0) is 16.1 Å². The zero-order valence-electron chi connectivity index (χ0n) is 13.7. The number of amides is 1. The molecule has 120 valence electrons. The summed E-state index contributed by atoms with van der Waals surface area (Å²) in [4.78, 5) is 21.8. The van der Waals surface area contributed by atoms with E-state index in [1.54, 1.807) is 0 Å². The molecule has 1 aromatic heterocycles. The van der Waals surface area contributed by atoms with Crippen molar-refractivity contribution >= 4 is 11.6 Å². The van der Waals surface area contributed by atoms with Crippen LogP contribution in [0.3, 0.4) is 0 Å². The minimum atomic E-state index is 0.000955. The van der Waals surface area contributed by atoms with Crippen LogP contribution in [0.5, 0.6) is 0 Å². The van der Waals surface area contributed by atoms with Crippen molar-refractivity contribution in [2.45, 2.75) is 32.7 Å². The molecule has 22 heavy (non-hydrogen) atoms. The quantitative estimate of drug-likeness (QED) is 0.838. The molecule has 1 atom stereocenters. The van der Waals surface area contributed by atoms with Crippen molar-refractivity contribution in [3.05, 3.63) is 23.5 Å². The van der Waals surface area contributed by atoms with Crippen molar-refractivity contribution < 1.29 is 9.53 Å². The van der Waals surface area contributed by atoms with Gasteiger partial charge >= 0.3 is 0 Å². The van der Waals surface area contributed by atoms with Gasteiger partial charge in [-0.1, -0.05) is 13.8 Å². The Labute approximate surface area is 132 Å². The molecule has 3 heterocycles. The van der Waals surface area contributed by atoms with E-state index in [-0.39, 0.29) is 11.8 Å². The zero-order chi connectivity index (χ0) is 15.7. The van der Waals surface area contributed by atoms with Crippen molar-refractivity contribution in [2.24, 2.45) is 5.92 Å². The predicted molar refractivity (Wildman–Crippen MR) is 85.9 cm³/mol. The molecule has 2 aliphatic rings. The molecular formula is C17H25N3O2. The highest BCUT2D eigenvalue weighted by Gasteiger charge is 2.31. The highest BCUT2D eigenvalue weighted by atomic mass is 16.5. The summed E-state index contributed by atoms with van der Waals surface area (Å²) in [5.74, 6) is 0.584. The third-order valence-corrected chi connectivity index (χ3v) is 4.52. The Morgan fingerprint density at radius 1 is 1.36 bits per heavy atom. The second kappa shape index (κ2) is 6.34. The molecule has 0 radical (unpaired) electrons. The number of nitrogens with zero attached hydrogens (tertiary/aromatic N) is 3. The fourth-order valence-corrected chi connectivity index (χ4v) is 3.10. The number of carbonyl (C=O) groups is 1. The molecule has 2 aliphatic heterocycles. The lowest BCUT2D eigenvalue weighted by molar-refractivity contribution is -0.122. The molecule has 5 heteroatoms. The van der Waals surface area contributed by atoms with Gasteiger partial charge < -0.3 is 9.64 Å². The summed E-state index contributed by atoms with van der Waals surface area (Å²) in [7, 11) is 2.08. The van der Waals surface area contributed by atoms with Gasteiger partial charge in [-0.3, -0.25) is 14.7 Å². The van der Waals surface area contributed by atoms with E-state index in [1.165, 1.54) is 0 Å². The highest BCUT2D eigenvalue weighted by Crippen LogP contribution is 2.28. The Kier molecular flexibility index (Phi) is 4.45. The fourth-order valence-electron chi connectivity index (χ4n) is 3.10. The molecule has 0 aromatic carbocycles. The number of hydrogen-bond donors (Lipinski definition) is 0. The fraction of sp³-hybridized carbons (Fsp3) is 0.647. The second-order valence-corrected chi connectivity index (χ2v) is 6.64. The summed E-state index contributed by atoms with van der Waals surface area (Å²) in [6.45, 7) is 7.93. The minimum absolute atomic E-state index is 0.000955. The van der Waals surface area contributed by atoms with Gasteiger partial charge in [0.25, 0.3) is 0 Å². The van der Waals surface area contributed by atoms with Crippen molar-refractivity contribution in [3.63, 3.8) is 0 Å². The smallest absolute Gasteiger partial charge is 0.232 e. The first-order valence-electron chi connectivity index (χ1n) is 8.13. The van der Waals surface area contributed by atoms with Crippen molar-refractivity contribution in [3.8, 4) is 0 Å². The van der Waals surface area contributed by atoms with Crippen LogP contribution in [-0.4, -0.2) is 49.1 Å². The molecule has 3 rings (SSSR count). The lowest BCUT2D eigenvalue weighted by Gasteiger charge is -2.25. The molecule has 0 unspecified atom stereocenters. The first-order valence-corrected chi connectivity index (χ1v) is 8.13. The summed E-state index contributed by atoms with van der Waals surface area (Å²) in [6, 6.07) is 4.13. The van der Waals surface area contributed by atoms with Crippen molar-refractivity contribution in [2.75, 3.05) is 38.3 Å². The number of carbonyl (C=O) groups excluding carboxylic acids is 1. The van der Waals surface area contributed by atoms with Crippen LogP contribution >= 0.6 is 0 Å². The molecule has 0 N–H and O–H groups in total. The van der Waals surface area contributed by atoms with E-state index in [2.05, 4.69) is 37.9 Å². The Bertz CT molecular complexity index is 553. The van der Waals surface area contributed by atoms with Gasteiger partial charge in [0.15, 0.2) is 0 Å². The SMILES string of the molecule is CC(C)c1ccc2c(n1)CN(C)CCN2C(=O)[C@@H]1CCOC1. The molecule has 0 spiro atoms. The molecular weight excluding hydrogens is 278 g/mol. The van der Waals surface area contributed by atoms with Crippen LogP contribution in [0, 0.1) is 5.92 Å². The van der Waals surface area contributed by atoms with Gasteiger partial charge in [-0.15, -0.1) is 0 Å². The van der Waals surface area contributed by atoms with Crippen molar-refractivity contribution in [1.82, 2.24) is 9.88 Å². The predicted octanol–water partition coefficient (Wildman–Crippen LogP) is 2.02. The van der Waals surface area contributed by atoms with E-state index in [0.29, 0.717) is 19.1 Å². The average Bonchev–Trinajstić information content (AvgIpc) is 2.96. The minimum Gasteiger partial charge on any atom is -0.381 e. The first kappa shape index (κ1) is 15.4. The Morgan fingerprint density at radius 2 is 2.18 bits per heavy atom. The van der Waals surface area contributed by atoms with E-state index in [1.807, 2.05) is 4.90 Å². The second-order valence-electron chi connectivity index (χ2n) is 6.64. The maximum absolute atomic E-state index is 12.8. The lowest BCUT2D eigenvalue weighted by Crippen LogP contribution is -2.39. The van der Waals surface area contributed by atoms with Crippen LogP contribution < -0.4 is 4.90 Å². The van der Waals surface area contributed by atoms with Gasteiger partial charge in [0.05, 0.1) is 23.9 Å². The number of pyridine rings is 1. The van der Waals surface area contributed by atoms with E-state index in [0.717, 1.165) is 43.1 Å². The van der Waals surface area contributed by atoms with Crippen LogP contribution in [0.1, 0.15) is 37.6 Å². The topological polar surface area (TPSA) is 45.7 Å². The van der Waals surface area contributed by atoms with Crippen molar-refractivity contribution in [1.29, 1.82) is 0 Å². The van der Waals surface area contributed by atoms with Crippen LogP contribution in [0.15, 0.2) is 12.1 Å². The summed E-state index contributed by atoms with van der Waals surface area (Å²) >= 11 is 0. The summed E-state index contributed by atoms with van der Waals surface area (Å²) in [5.41, 5.74) is 3.08. The number of fused-ring (bicyclic) bond motifs is 1. The molecule has 5 nitrogen and oxygen atoms in total. The molecule has 1 saturated heterocycles. The summed E-state index contributed by atoms with van der Waals surface area (Å²) < 4.78 is 5.39. The molecule has 1 aromatic rings. The van der Waals surface area contributed by atoms with E-state index in [4.69, 9.17) is 9.72 Å². The molecule has 0 saturated carbocycles. The van der Waals surface area contributed by atoms with Crippen LogP contribution in [0.25, 0.3) is 0 Å². The molecule has 0 aliphatic carbocycles. The maximum Gasteiger partial charge on any atom is 0.232 e. The largest absolute Gasteiger partial charge is 0.381 e. The van der Waals surface area contributed by atoms with E-state index >= 15 is 0 Å². The number of likely N-dealkylation sites (N-methyl/N-ethyl adjacent to an activating group) is 1. The highest BCUT2D eigenvalue weighted by molar-refractivity contribution is 5.96. The maximum atomic E-state index is 12.8. The number of rotatable bonds is 2. The number of anilines is 1. The summed E-state index contributed by atoms with van der Waals surface area (Å²) in [6.07, 6.45) is 0.831. The van der Waals surface area contributed by atoms with E-state index < -0.39 is 0 Å². The molecule has 1 fully saturated rings. The third-order valence-electron chi connectivity index (χ3n) is 4.52. The van der Waals surface area contributed by atoms with Crippen LogP contribution in [0.2, 0.25) is 0 Å². The Hall–Kier alpha value is -1.46. The monoisotopic (exact) mass is 303 g/mol. The number of ether oxygens (including phenoxy) is 1. The van der Waals surface area contributed by atoms with E-state index in [9.17, 15) is 4.79 Å². The van der Waals surface area contributed by atoms with Gasteiger partial charge in [0, 0.05) is 31.9 Å². The lowest BCUT2D eigenvalue weighted by atomic mass is 10.1. The normalized spacial score (nSPS) is 22.7. The zero-order valence-corrected chi connectivity index (χ0v) is 13.7. The van der Waals surface area contributed by atoms with Crippen LogP contribution in [0.4, 0.5) is 5.69 Å². The third kappa shape index (κ3) is 3.01.